The molecule has 0 aliphatic carbocycles. The standard InChI is InChI=1S/C20H28NO3/c22-20(23)18-7-4-11-21(15-18)12-8-19(16-5-2-1-3-6-16)17-9-13-24-14-10-17/h1-3,5-6,17-18H,4,7-15H2,(H,22,23). The quantitative estimate of drug-likeness (QED) is 0.870. The van der Waals surface area contributed by atoms with E-state index in [1.54, 1.807) is 0 Å². The number of carboxylic acid groups (broad SMARTS) is 1. The molecule has 1 aromatic carbocycles. The van der Waals surface area contributed by atoms with E-state index in [1.807, 2.05) is 0 Å². The predicted octanol–water partition coefficient (Wildman–Crippen LogP) is 3.22. The van der Waals surface area contributed by atoms with Gasteiger partial charge >= 0.3 is 5.97 Å². The molecule has 1 N–H and O–H groups in total. The van der Waals surface area contributed by atoms with Gasteiger partial charge in [0.1, 0.15) is 0 Å². The normalized spacial score (nSPS) is 23.5. The maximum Gasteiger partial charge on any atom is 0.307 e. The van der Waals surface area contributed by atoms with Gasteiger partial charge in [-0.3, -0.25) is 4.79 Å². The minimum absolute atomic E-state index is 0.193. The molecule has 2 saturated heterocycles. The second-order valence-electron chi connectivity index (χ2n) is 7.01. The van der Waals surface area contributed by atoms with Crippen LogP contribution in [0.3, 0.4) is 0 Å². The van der Waals surface area contributed by atoms with Crippen molar-refractivity contribution < 1.29 is 14.6 Å². The lowest BCUT2D eigenvalue weighted by molar-refractivity contribution is -0.143. The molecule has 131 valence electrons. The van der Waals surface area contributed by atoms with Crippen LogP contribution in [0.15, 0.2) is 30.3 Å². The molecule has 0 saturated carbocycles. The summed E-state index contributed by atoms with van der Waals surface area (Å²) in [5.74, 6) is 1.29. The molecule has 1 atom stereocenters. The van der Waals surface area contributed by atoms with Crippen LogP contribution in [-0.2, 0) is 9.53 Å². The maximum absolute atomic E-state index is 11.3. The van der Waals surface area contributed by atoms with Gasteiger partial charge in [-0.1, -0.05) is 30.3 Å². The molecular weight excluding hydrogens is 302 g/mol. The summed E-state index contributed by atoms with van der Waals surface area (Å²) in [7, 11) is 0. The van der Waals surface area contributed by atoms with Gasteiger partial charge in [0.15, 0.2) is 0 Å². The van der Waals surface area contributed by atoms with E-state index in [1.165, 1.54) is 11.5 Å². The van der Waals surface area contributed by atoms with Crippen molar-refractivity contribution in [3.63, 3.8) is 0 Å². The largest absolute Gasteiger partial charge is 0.481 e. The van der Waals surface area contributed by atoms with E-state index in [-0.39, 0.29) is 5.92 Å². The molecule has 0 spiro atoms. The number of ether oxygens (including phenoxy) is 1. The Hall–Kier alpha value is -1.39. The summed E-state index contributed by atoms with van der Waals surface area (Å²) in [6, 6.07) is 10.7. The predicted molar refractivity (Wildman–Crippen MR) is 93.7 cm³/mol. The lowest BCUT2D eigenvalue weighted by atomic mass is 9.79. The van der Waals surface area contributed by atoms with E-state index in [0.717, 1.165) is 58.4 Å². The van der Waals surface area contributed by atoms with Gasteiger partial charge in [-0.15, -0.1) is 0 Å². The Labute approximate surface area is 144 Å². The van der Waals surface area contributed by atoms with Crippen molar-refractivity contribution >= 4 is 5.97 Å². The van der Waals surface area contributed by atoms with E-state index in [0.29, 0.717) is 12.5 Å². The van der Waals surface area contributed by atoms with Crippen molar-refractivity contribution in [3.05, 3.63) is 41.8 Å². The summed E-state index contributed by atoms with van der Waals surface area (Å²) < 4.78 is 5.53. The first-order valence-corrected chi connectivity index (χ1v) is 9.18. The van der Waals surface area contributed by atoms with Crippen LogP contribution in [0.1, 0.15) is 37.7 Å². The molecule has 4 nitrogen and oxygen atoms in total. The van der Waals surface area contributed by atoms with Gasteiger partial charge in [0.2, 0.25) is 0 Å². The van der Waals surface area contributed by atoms with Gasteiger partial charge in [0.25, 0.3) is 0 Å². The first-order valence-electron chi connectivity index (χ1n) is 9.18. The number of likely N-dealkylation sites (tertiary alicyclic amines) is 1. The van der Waals surface area contributed by atoms with Crippen molar-refractivity contribution in [2.24, 2.45) is 11.8 Å². The first-order chi connectivity index (χ1) is 11.7. The second kappa shape index (κ2) is 8.63. The minimum Gasteiger partial charge on any atom is -0.481 e. The summed E-state index contributed by atoms with van der Waals surface area (Å²) in [5.41, 5.74) is 1.34. The summed E-state index contributed by atoms with van der Waals surface area (Å²) >= 11 is 0. The second-order valence-corrected chi connectivity index (χ2v) is 7.01. The Kier molecular flexibility index (Phi) is 6.27. The zero-order valence-corrected chi connectivity index (χ0v) is 14.3. The molecule has 0 bridgehead atoms. The number of carbonyl (C=O) groups is 1. The zero-order valence-electron chi connectivity index (χ0n) is 14.3. The fraction of sp³-hybridized carbons (Fsp3) is 0.600. The lowest BCUT2D eigenvalue weighted by Gasteiger charge is -2.34. The highest BCUT2D eigenvalue weighted by atomic mass is 16.5. The SMILES string of the molecule is O=C(O)C1CCCN(CC[C](c2ccccc2)C2CCOCC2)C1. The van der Waals surface area contributed by atoms with Gasteiger partial charge in [-0.05, 0) is 56.7 Å². The van der Waals surface area contributed by atoms with Gasteiger partial charge < -0.3 is 14.7 Å². The van der Waals surface area contributed by atoms with Gasteiger partial charge in [0, 0.05) is 25.7 Å². The van der Waals surface area contributed by atoms with Crippen molar-refractivity contribution in [1.82, 2.24) is 4.90 Å². The number of rotatable bonds is 6. The summed E-state index contributed by atoms with van der Waals surface area (Å²) in [6.45, 7) is 4.40. The van der Waals surface area contributed by atoms with Crippen molar-refractivity contribution in [1.29, 1.82) is 0 Å². The molecule has 0 amide bonds. The maximum atomic E-state index is 11.3. The monoisotopic (exact) mass is 330 g/mol. The Morgan fingerprint density at radius 2 is 1.88 bits per heavy atom. The summed E-state index contributed by atoms with van der Waals surface area (Å²) in [5, 5.41) is 9.27. The Morgan fingerprint density at radius 1 is 1.12 bits per heavy atom. The summed E-state index contributed by atoms with van der Waals surface area (Å²) in [4.78, 5) is 13.6. The highest BCUT2D eigenvalue weighted by molar-refractivity contribution is 5.70. The number of benzene rings is 1. The van der Waals surface area contributed by atoms with E-state index in [2.05, 4.69) is 35.2 Å². The number of aliphatic carboxylic acids is 1. The highest BCUT2D eigenvalue weighted by Gasteiger charge is 2.29. The van der Waals surface area contributed by atoms with Crippen LogP contribution in [0.2, 0.25) is 0 Å². The van der Waals surface area contributed by atoms with Crippen molar-refractivity contribution in [2.45, 2.75) is 32.1 Å². The van der Waals surface area contributed by atoms with E-state index >= 15 is 0 Å². The first kappa shape index (κ1) is 17.4. The number of carboxylic acids is 1. The molecule has 0 aromatic heterocycles. The van der Waals surface area contributed by atoms with Crippen LogP contribution in [0.4, 0.5) is 0 Å². The summed E-state index contributed by atoms with van der Waals surface area (Å²) in [6.07, 6.45) is 5.04. The Balaban J connectivity index is 1.62. The van der Waals surface area contributed by atoms with Crippen LogP contribution in [0.25, 0.3) is 0 Å². The molecule has 1 aromatic rings. The Bertz CT molecular complexity index is 513. The third-order valence-corrected chi connectivity index (χ3v) is 5.41. The zero-order chi connectivity index (χ0) is 16.8. The molecule has 2 aliphatic rings. The van der Waals surface area contributed by atoms with Crippen LogP contribution in [0.5, 0.6) is 0 Å². The molecule has 2 heterocycles. The van der Waals surface area contributed by atoms with Crippen LogP contribution in [-0.4, -0.2) is 48.8 Å². The Morgan fingerprint density at radius 3 is 2.58 bits per heavy atom. The third kappa shape index (κ3) is 4.58. The highest BCUT2D eigenvalue weighted by Crippen LogP contribution is 2.34. The molecular formula is C20H28NO3. The van der Waals surface area contributed by atoms with E-state index in [4.69, 9.17) is 4.74 Å². The van der Waals surface area contributed by atoms with Gasteiger partial charge in [-0.2, -0.15) is 0 Å². The molecule has 2 fully saturated rings. The van der Waals surface area contributed by atoms with Gasteiger partial charge in [0.05, 0.1) is 5.92 Å². The smallest absolute Gasteiger partial charge is 0.307 e. The topological polar surface area (TPSA) is 49.8 Å². The number of hydrogen-bond acceptors (Lipinski definition) is 3. The fourth-order valence-electron chi connectivity index (χ4n) is 4.02. The number of nitrogens with zero attached hydrogens (tertiary/aromatic N) is 1. The third-order valence-electron chi connectivity index (χ3n) is 5.41. The molecule has 1 unspecified atom stereocenters. The van der Waals surface area contributed by atoms with E-state index < -0.39 is 5.97 Å². The van der Waals surface area contributed by atoms with E-state index in [9.17, 15) is 9.90 Å². The number of piperidine rings is 1. The van der Waals surface area contributed by atoms with Crippen LogP contribution >= 0.6 is 0 Å². The fourth-order valence-corrected chi connectivity index (χ4v) is 4.02. The molecule has 24 heavy (non-hydrogen) atoms. The van der Waals surface area contributed by atoms with Crippen molar-refractivity contribution in [2.75, 3.05) is 32.8 Å². The number of hydrogen-bond donors (Lipinski definition) is 1. The molecule has 3 rings (SSSR count). The average Bonchev–Trinajstić information content (AvgIpc) is 2.64. The van der Waals surface area contributed by atoms with Crippen molar-refractivity contribution in [3.8, 4) is 0 Å². The van der Waals surface area contributed by atoms with Crippen LogP contribution in [0, 0.1) is 17.8 Å². The van der Waals surface area contributed by atoms with Crippen LogP contribution < -0.4 is 0 Å². The lowest BCUT2D eigenvalue weighted by Crippen LogP contribution is -2.40. The minimum atomic E-state index is -0.642. The van der Waals surface area contributed by atoms with Gasteiger partial charge in [-0.25, -0.2) is 0 Å². The molecule has 4 heteroatoms. The molecule has 1 radical (unpaired) electrons. The molecule has 2 aliphatic heterocycles. The average molecular weight is 330 g/mol.